The number of hydrogen-bond donors (Lipinski definition) is 2. The highest BCUT2D eigenvalue weighted by molar-refractivity contribution is 5.99. The van der Waals surface area contributed by atoms with Crippen molar-refractivity contribution in [2.75, 3.05) is 13.2 Å². The van der Waals surface area contributed by atoms with Crippen molar-refractivity contribution in [2.24, 2.45) is 0 Å². The fourth-order valence-electron chi connectivity index (χ4n) is 4.95. The minimum absolute atomic E-state index is 0. The summed E-state index contributed by atoms with van der Waals surface area (Å²) >= 11 is 0. The highest BCUT2D eigenvalue weighted by Gasteiger charge is 2.38. The van der Waals surface area contributed by atoms with E-state index in [4.69, 9.17) is 14.6 Å². The Labute approximate surface area is 243 Å². The molecule has 8 nitrogen and oxygen atoms in total. The molecule has 0 amide bonds. The number of aryl methyl sites for hydroxylation is 1. The quantitative estimate of drug-likeness (QED) is 0.159. The number of ether oxygens (including phenoxy) is 2. The van der Waals surface area contributed by atoms with E-state index in [1.165, 1.54) is 19.3 Å². The average Bonchev–Trinajstić information content (AvgIpc) is 2.87. The number of nitrogens with zero attached hydrogens (tertiary/aromatic N) is 1. The number of aromatic nitrogens is 1. The second-order valence-electron chi connectivity index (χ2n) is 9.78. The molecule has 39 heavy (non-hydrogen) atoms. The van der Waals surface area contributed by atoms with Crippen LogP contribution in [-0.4, -0.2) is 36.2 Å². The molecule has 1 aliphatic rings. The number of carboxylic acids is 1. The van der Waals surface area contributed by atoms with Gasteiger partial charge in [0, 0.05) is 35.9 Å². The van der Waals surface area contributed by atoms with Crippen molar-refractivity contribution in [3.8, 4) is 0 Å². The van der Waals surface area contributed by atoms with Gasteiger partial charge < -0.3 is 36.9 Å². The van der Waals surface area contributed by atoms with Gasteiger partial charge in [-0.25, -0.2) is 14.2 Å². The highest BCUT2D eigenvalue weighted by Crippen LogP contribution is 2.38. The van der Waals surface area contributed by atoms with Crippen LogP contribution >= 0.6 is 0 Å². The van der Waals surface area contributed by atoms with Crippen molar-refractivity contribution in [1.82, 2.24) is 5.32 Å². The fourth-order valence-corrected chi connectivity index (χ4v) is 4.95. The van der Waals surface area contributed by atoms with Gasteiger partial charge in [0.25, 0.3) is 0 Å². The SMILES string of the molecule is CCOC(=O)C1=C(C)NC(C)=C(C(=O)OCC)C1c1ccc[n+](CCCCCCCCCCCC(=O)O)c1.[Br-]. The molecule has 2 N–H and O–H groups in total. The summed E-state index contributed by atoms with van der Waals surface area (Å²) in [6.45, 7) is 8.55. The molecule has 0 aromatic carbocycles. The second-order valence-corrected chi connectivity index (χ2v) is 9.78. The van der Waals surface area contributed by atoms with Crippen molar-refractivity contribution >= 4 is 17.9 Å². The van der Waals surface area contributed by atoms with Crippen LogP contribution in [0, 0.1) is 0 Å². The van der Waals surface area contributed by atoms with E-state index in [0.717, 1.165) is 50.6 Å². The molecule has 2 rings (SSSR count). The maximum absolute atomic E-state index is 13.0. The molecule has 0 saturated heterocycles. The van der Waals surface area contributed by atoms with E-state index >= 15 is 0 Å². The van der Waals surface area contributed by atoms with Crippen LogP contribution in [0.25, 0.3) is 0 Å². The summed E-state index contributed by atoms with van der Waals surface area (Å²) in [5.74, 6) is -2.15. The molecule has 0 spiro atoms. The van der Waals surface area contributed by atoms with E-state index in [-0.39, 0.29) is 36.6 Å². The van der Waals surface area contributed by atoms with Gasteiger partial charge in [-0.3, -0.25) is 4.79 Å². The minimum atomic E-state index is -0.707. The lowest BCUT2D eigenvalue weighted by Gasteiger charge is -2.29. The van der Waals surface area contributed by atoms with E-state index in [1.807, 2.05) is 38.4 Å². The molecule has 0 aliphatic carbocycles. The Hall–Kier alpha value is -2.68. The molecule has 0 fully saturated rings. The number of esters is 2. The number of nitrogens with one attached hydrogen (secondary N) is 1. The van der Waals surface area contributed by atoms with E-state index in [9.17, 15) is 14.4 Å². The van der Waals surface area contributed by atoms with E-state index in [1.54, 1.807) is 13.8 Å². The zero-order chi connectivity index (χ0) is 27.9. The molecule has 2 heterocycles. The average molecular weight is 610 g/mol. The van der Waals surface area contributed by atoms with Gasteiger partial charge in [-0.1, -0.05) is 38.5 Å². The number of halogens is 1. The molecule has 0 radical (unpaired) electrons. The first-order valence-corrected chi connectivity index (χ1v) is 14.0. The third-order valence-corrected chi connectivity index (χ3v) is 6.77. The first kappa shape index (κ1) is 34.3. The van der Waals surface area contributed by atoms with Crippen LogP contribution in [0.1, 0.15) is 103 Å². The normalized spacial score (nSPS) is 13.5. The molecular formula is C30H45BrN2O6. The van der Waals surface area contributed by atoms with Crippen molar-refractivity contribution in [3.63, 3.8) is 0 Å². The Kier molecular flexibility index (Phi) is 16.4. The van der Waals surface area contributed by atoms with Gasteiger partial charge >= 0.3 is 17.9 Å². The summed E-state index contributed by atoms with van der Waals surface area (Å²) in [6, 6.07) is 3.90. The Balaban J connectivity index is 0.00000760. The number of carbonyl (C=O) groups is 3. The Morgan fingerprint density at radius 2 is 1.33 bits per heavy atom. The number of dihydropyridines is 1. The number of rotatable bonds is 17. The summed E-state index contributed by atoms with van der Waals surface area (Å²) in [4.78, 5) is 36.5. The van der Waals surface area contributed by atoms with Crippen LogP contribution in [0.3, 0.4) is 0 Å². The molecular weight excluding hydrogens is 564 g/mol. The summed E-state index contributed by atoms with van der Waals surface area (Å²) in [6.07, 6.45) is 14.1. The summed E-state index contributed by atoms with van der Waals surface area (Å²) < 4.78 is 12.8. The third-order valence-electron chi connectivity index (χ3n) is 6.77. The first-order valence-electron chi connectivity index (χ1n) is 14.0. The van der Waals surface area contributed by atoms with Crippen molar-refractivity contribution < 1.29 is 50.5 Å². The van der Waals surface area contributed by atoms with Gasteiger partial charge in [0.15, 0.2) is 12.4 Å². The highest BCUT2D eigenvalue weighted by atomic mass is 79.9. The molecule has 0 atom stereocenters. The van der Waals surface area contributed by atoms with Gasteiger partial charge in [-0.05, 0) is 46.6 Å². The lowest BCUT2D eigenvalue weighted by molar-refractivity contribution is -0.697. The number of carbonyl (C=O) groups excluding carboxylic acids is 2. The lowest BCUT2D eigenvalue weighted by atomic mass is 9.81. The number of allylic oxidation sites excluding steroid dienone is 2. The zero-order valence-corrected chi connectivity index (χ0v) is 25.5. The number of carboxylic acid groups (broad SMARTS) is 1. The molecule has 0 saturated carbocycles. The molecule has 0 unspecified atom stereocenters. The number of unbranched alkanes of at least 4 members (excludes halogenated alkanes) is 8. The predicted octanol–water partition coefficient (Wildman–Crippen LogP) is 2.32. The Morgan fingerprint density at radius 3 is 1.82 bits per heavy atom. The number of aliphatic carboxylic acids is 1. The van der Waals surface area contributed by atoms with Crippen molar-refractivity contribution in [2.45, 2.75) is 104 Å². The maximum Gasteiger partial charge on any atom is 0.336 e. The largest absolute Gasteiger partial charge is 1.00 e. The predicted molar refractivity (Wildman–Crippen MR) is 145 cm³/mol. The number of hydrogen-bond acceptors (Lipinski definition) is 6. The summed E-state index contributed by atoms with van der Waals surface area (Å²) in [7, 11) is 0. The van der Waals surface area contributed by atoms with Gasteiger partial charge in [-0.2, -0.15) is 0 Å². The Bertz CT molecular complexity index is 980. The monoisotopic (exact) mass is 608 g/mol. The van der Waals surface area contributed by atoms with E-state index in [0.29, 0.717) is 22.5 Å². The molecule has 9 heteroatoms. The molecule has 1 aromatic rings. The smallest absolute Gasteiger partial charge is 0.336 e. The zero-order valence-electron chi connectivity index (χ0n) is 23.9. The lowest BCUT2D eigenvalue weighted by Crippen LogP contribution is -3.00. The molecule has 1 aliphatic heterocycles. The van der Waals surface area contributed by atoms with Crippen LogP contribution in [0.4, 0.5) is 0 Å². The van der Waals surface area contributed by atoms with E-state index in [2.05, 4.69) is 9.88 Å². The van der Waals surface area contributed by atoms with E-state index < -0.39 is 23.8 Å². The molecule has 1 aromatic heterocycles. The van der Waals surface area contributed by atoms with Gasteiger partial charge in [0.05, 0.1) is 30.3 Å². The fraction of sp³-hybridized carbons (Fsp3) is 0.600. The van der Waals surface area contributed by atoms with Crippen LogP contribution in [0.5, 0.6) is 0 Å². The minimum Gasteiger partial charge on any atom is -1.00 e. The van der Waals surface area contributed by atoms with Gasteiger partial charge in [0.1, 0.15) is 6.54 Å². The third kappa shape index (κ3) is 11.1. The van der Waals surface area contributed by atoms with Crippen LogP contribution in [-0.2, 0) is 30.4 Å². The second kappa shape index (κ2) is 18.6. The Morgan fingerprint density at radius 1 is 0.846 bits per heavy atom. The number of pyridine rings is 1. The summed E-state index contributed by atoms with van der Waals surface area (Å²) in [5.41, 5.74) is 3.07. The van der Waals surface area contributed by atoms with Gasteiger partial charge in [-0.15, -0.1) is 0 Å². The topological polar surface area (TPSA) is 106 Å². The summed E-state index contributed by atoms with van der Waals surface area (Å²) in [5, 5.41) is 11.9. The van der Waals surface area contributed by atoms with Gasteiger partial charge in [0.2, 0.25) is 0 Å². The van der Waals surface area contributed by atoms with Crippen molar-refractivity contribution in [1.29, 1.82) is 0 Å². The van der Waals surface area contributed by atoms with Crippen LogP contribution in [0.15, 0.2) is 47.1 Å². The standard InChI is InChI=1S/C30H44N2O6.BrH/c1-5-37-29(35)26-22(3)31-23(4)27(30(36)38-6-2)28(26)24-17-16-20-32(21-24)19-15-13-11-9-7-8-10-12-14-18-25(33)34;/h16-17,20-21,28H,5-15,18-19H2,1-4H3,(H-,31,33,34,35,36);1H. The molecule has 218 valence electrons. The van der Waals surface area contributed by atoms with Crippen LogP contribution in [0.2, 0.25) is 0 Å². The van der Waals surface area contributed by atoms with Crippen LogP contribution < -0.4 is 26.9 Å². The molecule has 0 bridgehead atoms. The maximum atomic E-state index is 13.0. The first-order chi connectivity index (χ1) is 18.3. The van der Waals surface area contributed by atoms with Crippen molar-refractivity contribution in [3.05, 3.63) is 52.6 Å².